The third kappa shape index (κ3) is 1.95. The zero-order chi connectivity index (χ0) is 15.1. The van der Waals surface area contributed by atoms with Crippen LogP contribution in [0.3, 0.4) is 0 Å². The van der Waals surface area contributed by atoms with E-state index in [0.717, 1.165) is 18.5 Å². The number of ether oxygens (including phenoxy) is 1. The van der Waals surface area contributed by atoms with E-state index < -0.39 is 0 Å². The minimum atomic E-state index is -0.327. The van der Waals surface area contributed by atoms with Gasteiger partial charge in [-0.1, -0.05) is 24.3 Å². The Labute approximate surface area is 128 Å². The maximum Gasteiger partial charge on any atom is 0.407 e. The summed E-state index contributed by atoms with van der Waals surface area (Å²) >= 11 is 0. The van der Waals surface area contributed by atoms with Gasteiger partial charge in [0.2, 0.25) is 0 Å². The lowest BCUT2D eigenvalue weighted by atomic mass is 10.0. The Hall–Kier alpha value is -2.49. The largest absolute Gasteiger partial charge is 0.449 e. The Morgan fingerprint density at radius 1 is 1.18 bits per heavy atom. The second-order valence-electron chi connectivity index (χ2n) is 5.66. The van der Waals surface area contributed by atoms with Crippen LogP contribution in [0.2, 0.25) is 0 Å². The zero-order valence-corrected chi connectivity index (χ0v) is 12.5. The molecule has 1 aliphatic rings. The second-order valence-corrected chi connectivity index (χ2v) is 5.66. The summed E-state index contributed by atoms with van der Waals surface area (Å²) in [5.74, 6) is 0. The van der Waals surface area contributed by atoms with Gasteiger partial charge in [-0.2, -0.15) is 0 Å². The van der Waals surface area contributed by atoms with Crippen LogP contribution in [0.1, 0.15) is 24.9 Å². The van der Waals surface area contributed by atoms with Gasteiger partial charge in [0, 0.05) is 34.8 Å². The van der Waals surface area contributed by atoms with E-state index in [2.05, 4.69) is 59.3 Å². The van der Waals surface area contributed by atoms with E-state index in [1.54, 1.807) is 0 Å². The molecule has 1 saturated heterocycles. The number of carbonyl (C=O) groups excluding carboxylic acids is 1. The van der Waals surface area contributed by atoms with E-state index in [9.17, 15) is 4.79 Å². The number of para-hydroxylation sites is 1. The molecular weight excluding hydrogens is 276 g/mol. The van der Waals surface area contributed by atoms with Crippen molar-refractivity contribution in [3.8, 4) is 0 Å². The molecule has 2 heterocycles. The maximum atomic E-state index is 11.4. The normalized spacial score (nSPS) is 18.4. The number of alkyl carbamates (subject to hydrolysis) is 1. The van der Waals surface area contributed by atoms with Gasteiger partial charge in [0.1, 0.15) is 0 Å². The van der Waals surface area contributed by atoms with Crippen molar-refractivity contribution in [2.75, 3.05) is 6.61 Å². The van der Waals surface area contributed by atoms with E-state index in [1.165, 1.54) is 21.8 Å². The number of hydrogen-bond donors (Lipinski definition) is 1. The van der Waals surface area contributed by atoms with E-state index >= 15 is 0 Å². The Morgan fingerprint density at radius 2 is 2.00 bits per heavy atom. The average Bonchev–Trinajstić information content (AvgIpc) is 2.88. The van der Waals surface area contributed by atoms with Gasteiger partial charge in [0.15, 0.2) is 0 Å². The first kappa shape index (κ1) is 13.2. The van der Waals surface area contributed by atoms with Gasteiger partial charge in [-0.25, -0.2) is 4.79 Å². The highest BCUT2D eigenvalue weighted by atomic mass is 16.5. The van der Waals surface area contributed by atoms with E-state index in [-0.39, 0.29) is 12.1 Å². The Bertz CT molecular complexity index is 866. The van der Waals surface area contributed by atoms with Crippen molar-refractivity contribution < 1.29 is 9.53 Å². The summed E-state index contributed by atoms with van der Waals surface area (Å²) in [5, 5.41) is 5.41. The molecule has 22 heavy (non-hydrogen) atoms. The quantitative estimate of drug-likeness (QED) is 0.776. The number of carbonyl (C=O) groups is 1. The summed E-state index contributed by atoms with van der Waals surface area (Å²) in [4.78, 5) is 11.4. The van der Waals surface area contributed by atoms with E-state index in [4.69, 9.17) is 4.74 Å². The number of cyclic esters (lactones) is 1. The summed E-state index contributed by atoms with van der Waals surface area (Å²) in [6.45, 7) is 3.58. The van der Waals surface area contributed by atoms with Crippen LogP contribution < -0.4 is 5.32 Å². The van der Waals surface area contributed by atoms with Crippen LogP contribution in [0.4, 0.5) is 4.79 Å². The molecule has 1 N–H and O–H groups in total. The van der Waals surface area contributed by atoms with Crippen molar-refractivity contribution in [3.63, 3.8) is 0 Å². The first-order valence-corrected chi connectivity index (χ1v) is 7.72. The van der Waals surface area contributed by atoms with Gasteiger partial charge < -0.3 is 14.6 Å². The monoisotopic (exact) mass is 294 g/mol. The van der Waals surface area contributed by atoms with Crippen molar-refractivity contribution in [1.82, 2.24) is 9.88 Å². The minimum absolute atomic E-state index is 0.0365. The van der Waals surface area contributed by atoms with Crippen molar-refractivity contribution in [2.24, 2.45) is 0 Å². The average molecular weight is 294 g/mol. The number of hydrogen-bond acceptors (Lipinski definition) is 2. The van der Waals surface area contributed by atoms with E-state index in [1.807, 2.05) is 0 Å². The highest BCUT2D eigenvalue weighted by Gasteiger charge is 2.21. The Kier molecular flexibility index (Phi) is 3.03. The lowest BCUT2D eigenvalue weighted by Crippen LogP contribution is -2.35. The summed E-state index contributed by atoms with van der Waals surface area (Å²) in [6, 6.07) is 15.0. The first-order chi connectivity index (χ1) is 10.8. The molecule has 0 aliphatic carbocycles. The third-order valence-corrected chi connectivity index (χ3v) is 4.45. The van der Waals surface area contributed by atoms with E-state index in [0.29, 0.717) is 6.61 Å². The predicted octanol–water partition coefficient (Wildman–Crippen LogP) is 3.99. The van der Waals surface area contributed by atoms with Crippen LogP contribution in [0.15, 0.2) is 42.5 Å². The lowest BCUT2D eigenvalue weighted by molar-refractivity contribution is 0.115. The number of aryl methyl sites for hydroxylation is 1. The Balaban J connectivity index is 1.90. The fraction of sp³-hybridized carbons (Fsp3) is 0.278. The fourth-order valence-electron chi connectivity index (χ4n) is 3.40. The third-order valence-electron chi connectivity index (χ3n) is 4.45. The molecule has 3 aromatic rings. The molecule has 0 spiro atoms. The molecule has 0 saturated carbocycles. The summed E-state index contributed by atoms with van der Waals surface area (Å²) in [7, 11) is 0. The molecule has 0 unspecified atom stereocenters. The standard InChI is InChI=1S/C18H18N2O2/c1-2-20-16-6-4-3-5-13(16)14-11-12(7-8-17(14)20)15-9-10-22-18(21)19-15/h3-8,11,15H,2,9-10H2,1H3,(H,19,21)/t15-/m0/s1. The Morgan fingerprint density at radius 3 is 2.82 bits per heavy atom. The van der Waals surface area contributed by atoms with Crippen LogP contribution in [0.25, 0.3) is 21.8 Å². The van der Waals surface area contributed by atoms with Crippen LogP contribution in [-0.2, 0) is 11.3 Å². The number of aromatic nitrogens is 1. The molecule has 112 valence electrons. The van der Waals surface area contributed by atoms with Crippen molar-refractivity contribution in [3.05, 3.63) is 48.0 Å². The van der Waals surface area contributed by atoms with Gasteiger partial charge in [0.05, 0.1) is 12.6 Å². The summed E-state index contributed by atoms with van der Waals surface area (Å²) in [5.41, 5.74) is 3.64. The summed E-state index contributed by atoms with van der Waals surface area (Å²) < 4.78 is 7.29. The first-order valence-electron chi connectivity index (χ1n) is 7.72. The van der Waals surface area contributed by atoms with Gasteiger partial charge in [-0.15, -0.1) is 0 Å². The highest BCUT2D eigenvalue weighted by molar-refractivity contribution is 6.08. The van der Waals surface area contributed by atoms with Crippen LogP contribution in [0.5, 0.6) is 0 Å². The molecule has 0 bridgehead atoms. The number of nitrogens with one attached hydrogen (secondary N) is 1. The zero-order valence-electron chi connectivity index (χ0n) is 12.5. The lowest BCUT2D eigenvalue weighted by Gasteiger charge is -2.23. The smallest absolute Gasteiger partial charge is 0.407 e. The number of fused-ring (bicyclic) bond motifs is 3. The van der Waals surface area contributed by atoms with Crippen molar-refractivity contribution in [1.29, 1.82) is 0 Å². The molecule has 1 fully saturated rings. The molecular formula is C18H18N2O2. The maximum absolute atomic E-state index is 11.4. The topological polar surface area (TPSA) is 43.3 Å². The molecule has 1 aliphatic heterocycles. The highest BCUT2D eigenvalue weighted by Crippen LogP contribution is 2.32. The molecule has 1 atom stereocenters. The molecule has 2 aromatic carbocycles. The predicted molar refractivity (Wildman–Crippen MR) is 87.0 cm³/mol. The molecule has 1 amide bonds. The second kappa shape index (κ2) is 5.05. The van der Waals surface area contributed by atoms with Crippen LogP contribution in [-0.4, -0.2) is 17.3 Å². The van der Waals surface area contributed by atoms with Crippen LogP contribution in [0, 0.1) is 0 Å². The number of rotatable bonds is 2. The molecule has 4 nitrogen and oxygen atoms in total. The van der Waals surface area contributed by atoms with Crippen LogP contribution >= 0.6 is 0 Å². The number of nitrogens with zero attached hydrogens (tertiary/aromatic N) is 1. The van der Waals surface area contributed by atoms with Gasteiger partial charge in [-0.05, 0) is 30.7 Å². The molecule has 4 heteroatoms. The number of benzene rings is 2. The van der Waals surface area contributed by atoms with Gasteiger partial charge in [-0.3, -0.25) is 0 Å². The minimum Gasteiger partial charge on any atom is -0.449 e. The molecule has 1 aromatic heterocycles. The SMILES string of the molecule is CCn1c2ccccc2c2cc([C@@H]3CCOC(=O)N3)ccc21. The van der Waals surface area contributed by atoms with Crippen molar-refractivity contribution in [2.45, 2.75) is 25.9 Å². The fourth-order valence-corrected chi connectivity index (χ4v) is 3.40. The van der Waals surface area contributed by atoms with Crippen molar-refractivity contribution >= 4 is 27.9 Å². The van der Waals surface area contributed by atoms with Gasteiger partial charge >= 0.3 is 6.09 Å². The van der Waals surface area contributed by atoms with Gasteiger partial charge in [0.25, 0.3) is 0 Å². The molecule has 4 rings (SSSR count). The summed E-state index contributed by atoms with van der Waals surface area (Å²) in [6.07, 6.45) is 0.483. The molecule has 0 radical (unpaired) electrons. The number of amides is 1.